The third kappa shape index (κ3) is 4.00. The molecule has 0 saturated carbocycles. The number of aryl methyl sites for hydroxylation is 1. The molecule has 1 unspecified atom stereocenters. The van der Waals surface area contributed by atoms with Gasteiger partial charge in [0, 0.05) is 36.9 Å². The second-order valence-electron chi connectivity index (χ2n) is 5.76. The first-order valence-electron chi connectivity index (χ1n) is 7.28. The second-order valence-corrected chi connectivity index (χ2v) is 5.76. The quantitative estimate of drug-likeness (QED) is 0.821. The highest BCUT2D eigenvalue weighted by Gasteiger charge is 2.23. The Morgan fingerprint density at radius 3 is 2.81 bits per heavy atom. The number of hydrogen-bond acceptors (Lipinski definition) is 4. The molecule has 4 nitrogen and oxygen atoms in total. The number of aliphatic hydroxyl groups excluding tert-OH is 1. The Kier molecular flexibility index (Phi) is 5.28. The summed E-state index contributed by atoms with van der Waals surface area (Å²) in [4.78, 5) is 4.56. The summed E-state index contributed by atoms with van der Waals surface area (Å²) in [6.07, 6.45) is 0.656. The zero-order valence-corrected chi connectivity index (χ0v) is 13.0. The number of fused-ring (bicyclic) bond motifs is 1. The normalized spacial score (nSPS) is 14.3. The average Bonchev–Trinajstić information content (AvgIpc) is 2.45. The SMILES string of the molecule is COCC(C)(CCO)NCc1cc(C)nc2ccccc12. The minimum atomic E-state index is -0.234. The van der Waals surface area contributed by atoms with E-state index in [-0.39, 0.29) is 12.1 Å². The molecule has 21 heavy (non-hydrogen) atoms. The molecule has 1 heterocycles. The summed E-state index contributed by atoms with van der Waals surface area (Å²) >= 11 is 0. The third-order valence-electron chi connectivity index (χ3n) is 3.76. The molecule has 1 aromatic carbocycles. The van der Waals surface area contributed by atoms with Gasteiger partial charge in [0.05, 0.1) is 12.1 Å². The van der Waals surface area contributed by atoms with E-state index in [0.29, 0.717) is 13.0 Å². The maximum Gasteiger partial charge on any atom is 0.0708 e. The van der Waals surface area contributed by atoms with Gasteiger partial charge in [0.1, 0.15) is 0 Å². The van der Waals surface area contributed by atoms with Crippen LogP contribution in [-0.4, -0.2) is 36.0 Å². The van der Waals surface area contributed by atoms with Gasteiger partial charge in [-0.25, -0.2) is 0 Å². The standard InChI is InChI=1S/C17H24N2O2/c1-13-10-14(15-6-4-5-7-16(15)19-13)11-18-17(2,8-9-20)12-21-3/h4-7,10,18,20H,8-9,11-12H2,1-3H3. The van der Waals surface area contributed by atoms with Gasteiger partial charge in [-0.3, -0.25) is 4.98 Å². The van der Waals surface area contributed by atoms with Crippen molar-refractivity contribution in [3.05, 3.63) is 41.6 Å². The van der Waals surface area contributed by atoms with Crippen LogP contribution >= 0.6 is 0 Å². The van der Waals surface area contributed by atoms with Crippen molar-refractivity contribution < 1.29 is 9.84 Å². The fourth-order valence-corrected chi connectivity index (χ4v) is 2.63. The van der Waals surface area contributed by atoms with Crippen LogP contribution in [0.25, 0.3) is 10.9 Å². The molecule has 0 radical (unpaired) electrons. The maximum atomic E-state index is 9.24. The maximum absolute atomic E-state index is 9.24. The zero-order valence-electron chi connectivity index (χ0n) is 13.0. The first-order chi connectivity index (χ1) is 10.1. The van der Waals surface area contributed by atoms with E-state index in [1.165, 1.54) is 10.9 Å². The molecule has 1 atom stereocenters. The van der Waals surface area contributed by atoms with Crippen molar-refractivity contribution >= 4 is 10.9 Å². The van der Waals surface area contributed by atoms with Crippen molar-refractivity contribution in [2.45, 2.75) is 32.4 Å². The Labute approximate surface area is 126 Å². The summed E-state index contributed by atoms with van der Waals surface area (Å²) in [5, 5.41) is 13.9. The van der Waals surface area contributed by atoms with Gasteiger partial charge in [-0.05, 0) is 38.0 Å². The van der Waals surface area contributed by atoms with Crippen LogP contribution in [-0.2, 0) is 11.3 Å². The lowest BCUT2D eigenvalue weighted by molar-refractivity contribution is 0.0970. The van der Waals surface area contributed by atoms with Crippen LogP contribution in [0.15, 0.2) is 30.3 Å². The van der Waals surface area contributed by atoms with E-state index in [1.807, 2.05) is 25.1 Å². The van der Waals surface area contributed by atoms with Crippen LogP contribution in [0.4, 0.5) is 0 Å². The largest absolute Gasteiger partial charge is 0.396 e. The van der Waals surface area contributed by atoms with Crippen molar-refractivity contribution in [1.29, 1.82) is 0 Å². The van der Waals surface area contributed by atoms with E-state index in [2.05, 4.69) is 29.4 Å². The van der Waals surface area contributed by atoms with Gasteiger partial charge in [0.2, 0.25) is 0 Å². The van der Waals surface area contributed by atoms with E-state index >= 15 is 0 Å². The van der Waals surface area contributed by atoms with Crippen LogP contribution in [0.3, 0.4) is 0 Å². The van der Waals surface area contributed by atoms with Gasteiger partial charge < -0.3 is 15.2 Å². The fourth-order valence-electron chi connectivity index (χ4n) is 2.63. The van der Waals surface area contributed by atoms with Gasteiger partial charge in [-0.1, -0.05) is 18.2 Å². The third-order valence-corrected chi connectivity index (χ3v) is 3.76. The molecule has 1 aromatic heterocycles. The summed E-state index contributed by atoms with van der Waals surface area (Å²) < 4.78 is 5.27. The Hall–Kier alpha value is -1.49. The molecule has 0 aliphatic rings. The van der Waals surface area contributed by atoms with Gasteiger partial charge in [0.15, 0.2) is 0 Å². The van der Waals surface area contributed by atoms with Gasteiger partial charge in [-0.15, -0.1) is 0 Å². The van der Waals surface area contributed by atoms with Crippen molar-refractivity contribution in [3.63, 3.8) is 0 Å². The van der Waals surface area contributed by atoms with Crippen LogP contribution < -0.4 is 5.32 Å². The van der Waals surface area contributed by atoms with Crippen LogP contribution in [0.2, 0.25) is 0 Å². The number of rotatable bonds is 7. The van der Waals surface area contributed by atoms with Crippen molar-refractivity contribution in [2.24, 2.45) is 0 Å². The first kappa shape index (κ1) is 15.9. The fraction of sp³-hybridized carbons (Fsp3) is 0.471. The lowest BCUT2D eigenvalue weighted by Crippen LogP contribution is -2.46. The molecule has 2 rings (SSSR count). The molecule has 4 heteroatoms. The van der Waals surface area contributed by atoms with E-state index in [0.717, 1.165) is 17.8 Å². The van der Waals surface area contributed by atoms with E-state index in [1.54, 1.807) is 7.11 Å². The van der Waals surface area contributed by atoms with Crippen LogP contribution in [0.1, 0.15) is 24.6 Å². The minimum Gasteiger partial charge on any atom is -0.396 e. The Morgan fingerprint density at radius 1 is 1.33 bits per heavy atom. The summed E-state index contributed by atoms with van der Waals surface area (Å²) in [6.45, 7) is 5.52. The lowest BCUT2D eigenvalue weighted by Gasteiger charge is -2.30. The lowest BCUT2D eigenvalue weighted by atomic mass is 9.98. The van der Waals surface area contributed by atoms with Crippen molar-refractivity contribution in [3.8, 4) is 0 Å². The highest BCUT2D eigenvalue weighted by atomic mass is 16.5. The summed E-state index contributed by atoms with van der Waals surface area (Å²) in [5.74, 6) is 0. The number of methoxy groups -OCH3 is 1. The number of benzene rings is 1. The Morgan fingerprint density at radius 2 is 2.10 bits per heavy atom. The molecule has 0 fully saturated rings. The predicted octanol–water partition coefficient (Wildman–Crippen LogP) is 2.42. The number of aliphatic hydroxyl groups is 1. The molecule has 0 bridgehead atoms. The molecule has 0 aliphatic carbocycles. The predicted molar refractivity (Wildman–Crippen MR) is 85.3 cm³/mol. The molecular formula is C17H24N2O2. The molecule has 0 saturated heterocycles. The number of nitrogens with zero attached hydrogens (tertiary/aromatic N) is 1. The van der Waals surface area contributed by atoms with E-state index in [9.17, 15) is 5.11 Å². The number of ether oxygens (including phenoxy) is 1. The summed E-state index contributed by atoms with van der Waals surface area (Å²) in [7, 11) is 1.68. The van der Waals surface area contributed by atoms with Gasteiger partial charge in [-0.2, -0.15) is 0 Å². The molecule has 2 N–H and O–H groups in total. The van der Waals surface area contributed by atoms with Gasteiger partial charge >= 0.3 is 0 Å². The monoisotopic (exact) mass is 288 g/mol. The molecule has 114 valence electrons. The summed E-state index contributed by atoms with van der Waals surface area (Å²) in [5.41, 5.74) is 3.02. The van der Waals surface area contributed by atoms with Crippen LogP contribution in [0.5, 0.6) is 0 Å². The number of para-hydroxylation sites is 1. The van der Waals surface area contributed by atoms with Crippen molar-refractivity contribution in [1.82, 2.24) is 10.3 Å². The first-order valence-corrected chi connectivity index (χ1v) is 7.28. The highest BCUT2D eigenvalue weighted by Crippen LogP contribution is 2.19. The topological polar surface area (TPSA) is 54.4 Å². The Bertz CT molecular complexity index is 592. The Balaban J connectivity index is 2.23. The smallest absolute Gasteiger partial charge is 0.0708 e. The zero-order chi connectivity index (χ0) is 15.3. The van der Waals surface area contributed by atoms with E-state index < -0.39 is 0 Å². The summed E-state index contributed by atoms with van der Waals surface area (Å²) in [6, 6.07) is 10.3. The van der Waals surface area contributed by atoms with Crippen LogP contribution in [0, 0.1) is 6.92 Å². The highest BCUT2D eigenvalue weighted by molar-refractivity contribution is 5.82. The average molecular weight is 288 g/mol. The molecule has 0 amide bonds. The molecular weight excluding hydrogens is 264 g/mol. The van der Waals surface area contributed by atoms with Gasteiger partial charge in [0.25, 0.3) is 0 Å². The molecule has 0 aliphatic heterocycles. The van der Waals surface area contributed by atoms with Crippen molar-refractivity contribution in [2.75, 3.05) is 20.3 Å². The molecule has 0 spiro atoms. The number of hydrogen-bond donors (Lipinski definition) is 2. The second kappa shape index (κ2) is 6.98. The minimum absolute atomic E-state index is 0.142. The number of pyridine rings is 1. The van der Waals surface area contributed by atoms with E-state index in [4.69, 9.17) is 4.74 Å². The molecule has 2 aromatic rings. The number of aromatic nitrogens is 1. The number of nitrogens with one attached hydrogen (secondary N) is 1.